The lowest BCUT2D eigenvalue weighted by molar-refractivity contribution is -0.117. The minimum atomic E-state index is -0.721. The number of hydrogen-bond acceptors (Lipinski definition) is 3. The zero-order valence-electron chi connectivity index (χ0n) is 13.8. The van der Waals surface area contributed by atoms with Crippen LogP contribution in [0.3, 0.4) is 0 Å². The Morgan fingerprint density at radius 1 is 1.24 bits per heavy atom. The Morgan fingerprint density at radius 2 is 1.96 bits per heavy atom. The molecule has 0 saturated carbocycles. The average Bonchev–Trinajstić information content (AvgIpc) is 3.03. The number of carbonyl (C=O) groups excluding carboxylic acids is 1. The number of hydrogen-bond donors (Lipinski definition) is 2. The fraction of sp³-hybridized carbons (Fsp3) is 0.158. The molecule has 0 aliphatic heterocycles. The van der Waals surface area contributed by atoms with Crippen LogP contribution in [0.1, 0.15) is 22.7 Å². The first-order valence-corrected chi connectivity index (χ1v) is 8.29. The number of nitrogens with one attached hydrogen (secondary N) is 1. The van der Waals surface area contributed by atoms with Gasteiger partial charge in [0.05, 0.1) is 18.4 Å². The predicted octanol–water partition coefficient (Wildman–Crippen LogP) is 3.53. The van der Waals surface area contributed by atoms with Gasteiger partial charge in [0.2, 0.25) is 5.91 Å². The summed E-state index contributed by atoms with van der Waals surface area (Å²) in [6.07, 6.45) is 3.38. The largest absolute Gasteiger partial charge is 0.322 e. The summed E-state index contributed by atoms with van der Waals surface area (Å²) in [6.45, 7) is 2.53. The van der Waals surface area contributed by atoms with Gasteiger partial charge in [-0.3, -0.25) is 9.48 Å². The Morgan fingerprint density at radius 3 is 2.68 bits per heavy atom. The van der Waals surface area contributed by atoms with Gasteiger partial charge in [0.15, 0.2) is 0 Å². The molecule has 0 fully saturated rings. The van der Waals surface area contributed by atoms with Crippen molar-refractivity contribution in [3.05, 3.63) is 82.6 Å². The van der Waals surface area contributed by atoms with Crippen LogP contribution in [0.5, 0.6) is 0 Å². The highest BCUT2D eigenvalue weighted by Crippen LogP contribution is 2.18. The van der Waals surface area contributed by atoms with E-state index in [1.54, 1.807) is 17.1 Å². The van der Waals surface area contributed by atoms with Gasteiger partial charge in [-0.1, -0.05) is 48.0 Å². The highest BCUT2D eigenvalue weighted by atomic mass is 35.5. The van der Waals surface area contributed by atoms with Gasteiger partial charge in [-0.15, -0.1) is 0 Å². The van der Waals surface area contributed by atoms with Gasteiger partial charge < -0.3 is 11.1 Å². The van der Waals surface area contributed by atoms with Crippen molar-refractivity contribution < 1.29 is 4.79 Å². The first kappa shape index (κ1) is 17.2. The van der Waals surface area contributed by atoms with Crippen LogP contribution in [-0.2, 0) is 11.3 Å². The van der Waals surface area contributed by atoms with E-state index in [1.807, 2.05) is 55.5 Å². The SMILES string of the molecule is Cc1ccccc1C(N)C(=O)Nc1cnn(Cc2ccc(Cl)cc2)c1. The molecule has 1 amide bonds. The maximum atomic E-state index is 12.4. The Balaban J connectivity index is 1.65. The van der Waals surface area contributed by atoms with E-state index in [2.05, 4.69) is 10.4 Å². The number of carbonyl (C=O) groups is 1. The van der Waals surface area contributed by atoms with E-state index in [-0.39, 0.29) is 5.91 Å². The maximum Gasteiger partial charge on any atom is 0.245 e. The first-order chi connectivity index (χ1) is 12.0. The van der Waals surface area contributed by atoms with Crippen LogP contribution in [0.15, 0.2) is 60.9 Å². The molecule has 1 unspecified atom stereocenters. The summed E-state index contributed by atoms with van der Waals surface area (Å²) in [4.78, 5) is 12.4. The third kappa shape index (κ3) is 4.26. The number of anilines is 1. The Kier molecular flexibility index (Phi) is 5.16. The van der Waals surface area contributed by atoms with Gasteiger partial charge in [0.1, 0.15) is 6.04 Å². The molecule has 25 heavy (non-hydrogen) atoms. The van der Waals surface area contributed by atoms with E-state index < -0.39 is 6.04 Å². The first-order valence-electron chi connectivity index (χ1n) is 7.92. The molecule has 2 aromatic carbocycles. The molecule has 6 heteroatoms. The number of nitrogens with zero attached hydrogens (tertiary/aromatic N) is 2. The molecule has 5 nitrogen and oxygen atoms in total. The van der Waals surface area contributed by atoms with Crippen molar-refractivity contribution in [2.24, 2.45) is 5.73 Å². The molecule has 128 valence electrons. The van der Waals surface area contributed by atoms with Crippen LogP contribution in [-0.4, -0.2) is 15.7 Å². The molecule has 3 aromatic rings. The molecule has 0 aliphatic carbocycles. The third-order valence-corrected chi connectivity index (χ3v) is 4.22. The Hall–Kier alpha value is -2.63. The molecule has 1 aromatic heterocycles. The number of amides is 1. The van der Waals surface area contributed by atoms with Gasteiger partial charge in [0.25, 0.3) is 0 Å². The van der Waals surface area contributed by atoms with E-state index in [9.17, 15) is 4.79 Å². The summed E-state index contributed by atoms with van der Waals surface area (Å²) in [5, 5.41) is 7.78. The maximum absolute atomic E-state index is 12.4. The number of halogens is 1. The quantitative estimate of drug-likeness (QED) is 0.736. The number of aryl methyl sites for hydroxylation is 1. The second kappa shape index (κ2) is 7.51. The van der Waals surface area contributed by atoms with Crippen molar-refractivity contribution in [1.82, 2.24) is 9.78 Å². The lowest BCUT2D eigenvalue weighted by Gasteiger charge is -2.13. The zero-order chi connectivity index (χ0) is 17.8. The van der Waals surface area contributed by atoms with Gasteiger partial charge in [-0.25, -0.2) is 0 Å². The molecule has 0 aliphatic rings. The number of aromatic nitrogens is 2. The summed E-state index contributed by atoms with van der Waals surface area (Å²) < 4.78 is 1.75. The molecule has 1 atom stereocenters. The summed E-state index contributed by atoms with van der Waals surface area (Å²) in [5.74, 6) is -0.264. The highest BCUT2D eigenvalue weighted by molar-refractivity contribution is 6.30. The summed E-state index contributed by atoms with van der Waals surface area (Å²) in [7, 11) is 0. The van der Waals surface area contributed by atoms with E-state index in [4.69, 9.17) is 17.3 Å². The Bertz CT molecular complexity index is 873. The van der Waals surface area contributed by atoms with Gasteiger partial charge in [-0.2, -0.15) is 5.10 Å². The lowest BCUT2D eigenvalue weighted by atomic mass is 10.0. The minimum absolute atomic E-state index is 0.264. The smallest absolute Gasteiger partial charge is 0.245 e. The molecule has 0 saturated heterocycles. The van der Waals surface area contributed by atoms with Gasteiger partial charge in [0, 0.05) is 11.2 Å². The van der Waals surface area contributed by atoms with Crippen molar-refractivity contribution in [3.8, 4) is 0 Å². The van der Waals surface area contributed by atoms with Gasteiger partial charge >= 0.3 is 0 Å². The van der Waals surface area contributed by atoms with Crippen LogP contribution in [0, 0.1) is 6.92 Å². The van der Waals surface area contributed by atoms with Crippen LogP contribution in [0.2, 0.25) is 5.02 Å². The van der Waals surface area contributed by atoms with E-state index in [1.165, 1.54) is 0 Å². The van der Waals surface area contributed by atoms with E-state index in [0.717, 1.165) is 16.7 Å². The second-order valence-electron chi connectivity index (χ2n) is 5.88. The van der Waals surface area contributed by atoms with Crippen LogP contribution in [0.25, 0.3) is 0 Å². The summed E-state index contributed by atoms with van der Waals surface area (Å²) >= 11 is 5.89. The van der Waals surface area contributed by atoms with Crippen LogP contribution < -0.4 is 11.1 Å². The molecule has 3 N–H and O–H groups in total. The molecule has 0 spiro atoms. The van der Waals surface area contributed by atoms with Crippen molar-refractivity contribution in [3.63, 3.8) is 0 Å². The average molecular weight is 355 g/mol. The molecule has 3 rings (SSSR count). The normalized spacial score (nSPS) is 12.0. The molecular formula is C19H19ClN4O. The molecule has 0 bridgehead atoms. The van der Waals surface area contributed by atoms with Crippen molar-refractivity contribution in [2.75, 3.05) is 5.32 Å². The highest BCUT2D eigenvalue weighted by Gasteiger charge is 2.18. The topological polar surface area (TPSA) is 72.9 Å². The van der Waals surface area contributed by atoms with E-state index >= 15 is 0 Å². The van der Waals surface area contributed by atoms with Crippen LogP contribution >= 0.6 is 11.6 Å². The standard InChI is InChI=1S/C19H19ClN4O/c1-13-4-2-3-5-17(13)18(21)19(25)23-16-10-22-24(12-16)11-14-6-8-15(20)9-7-14/h2-10,12,18H,11,21H2,1H3,(H,23,25). The summed E-state index contributed by atoms with van der Waals surface area (Å²) in [5.41, 5.74) is 9.57. The monoisotopic (exact) mass is 354 g/mol. The van der Waals surface area contributed by atoms with Gasteiger partial charge in [-0.05, 0) is 35.7 Å². The molecular weight excluding hydrogens is 336 g/mol. The number of benzene rings is 2. The van der Waals surface area contributed by atoms with Crippen molar-refractivity contribution in [1.29, 1.82) is 0 Å². The fourth-order valence-corrected chi connectivity index (χ4v) is 2.71. The van der Waals surface area contributed by atoms with Crippen molar-refractivity contribution >= 4 is 23.2 Å². The summed E-state index contributed by atoms with van der Waals surface area (Å²) in [6, 6.07) is 14.4. The van der Waals surface area contributed by atoms with Crippen LogP contribution in [0.4, 0.5) is 5.69 Å². The molecule has 1 heterocycles. The lowest BCUT2D eigenvalue weighted by Crippen LogP contribution is -2.28. The fourth-order valence-electron chi connectivity index (χ4n) is 2.59. The minimum Gasteiger partial charge on any atom is -0.322 e. The third-order valence-electron chi connectivity index (χ3n) is 3.96. The zero-order valence-corrected chi connectivity index (χ0v) is 14.6. The number of rotatable bonds is 5. The van der Waals surface area contributed by atoms with E-state index in [0.29, 0.717) is 17.3 Å². The predicted molar refractivity (Wildman–Crippen MR) is 99.5 cm³/mol. The van der Waals surface area contributed by atoms with Crippen molar-refractivity contribution in [2.45, 2.75) is 19.5 Å². The molecule has 0 radical (unpaired) electrons. The second-order valence-corrected chi connectivity index (χ2v) is 6.31. The number of nitrogens with two attached hydrogens (primary N) is 1. The Labute approximate surface area is 151 Å².